The highest BCUT2D eigenvalue weighted by Gasteiger charge is 2.12. The normalized spacial score (nSPS) is 10.4. The minimum atomic E-state index is -0.299. The quantitative estimate of drug-likeness (QED) is 0.843. The molecule has 2 rings (SSSR count). The first-order valence-electron chi connectivity index (χ1n) is 7.79. The van der Waals surface area contributed by atoms with Gasteiger partial charge in [0.05, 0.1) is 10.7 Å². The maximum Gasteiger partial charge on any atom is 0.255 e. The van der Waals surface area contributed by atoms with E-state index in [4.69, 9.17) is 16.3 Å². The second kappa shape index (κ2) is 8.14. The van der Waals surface area contributed by atoms with E-state index in [0.717, 1.165) is 16.7 Å². The van der Waals surface area contributed by atoms with Crippen LogP contribution in [0, 0.1) is 20.8 Å². The van der Waals surface area contributed by atoms with Gasteiger partial charge < -0.3 is 15.4 Å². The first-order valence-corrected chi connectivity index (χ1v) is 8.17. The highest BCUT2D eigenvalue weighted by Crippen LogP contribution is 2.26. The molecule has 2 aromatic rings. The van der Waals surface area contributed by atoms with E-state index in [-0.39, 0.29) is 18.4 Å². The molecule has 2 aromatic carbocycles. The van der Waals surface area contributed by atoms with Gasteiger partial charge in [-0.1, -0.05) is 17.7 Å². The van der Waals surface area contributed by atoms with Crippen LogP contribution in [-0.4, -0.2) is 25.5 Å². The molecule has 0 atom stereocenters. The number of anilines is 2. The molecule has 0 radical (unpaired) electrons. The van der Waals surface area contributed by atoms with Crippen LogP contribution in [0.2, 0.25) is 5.02 Å². The second-order valence-electron chi connectivity index (χ2n) is 5.88. The zero-order chi connectivity index (χ0) is 18.6. The number of carbonyl (C=O) groups is 2. The first kappa shape index (κ1) is 19.0. The van der Waals surface area contributed by atoms with Crippen LogP contribution >= 0.6 is 11.6 Å². The number of benzene rings is 2. The Morgan fingerprint density at radius 3 is 2.32 bits per heavy atom. The summed E-state index contributed by atoms with van der Waals surface area (Å²) in [5, 5.41) is 5.80. The van der Waals surface area contributed by atoms with Crippen LogP contribution in [0.4, 0.5) is 11.4 Å². The van der Waals surface area contributed by atoms with E-state index in [1.807, 2.05) is 32.9 Å². The fourth-order valence-electron chi connectivity index (χ4n) is 2.42. The van der Waals surface area contributed by atoms with Gasteiger partial charge in [0.15, 0.2) is 0 Å². The van der Waals surface area contributed by atoms with Gasteiger partial charge in [0.1, 0.15) is 6.61 Å². The van der Waals surface area contributed by atoms with Crippen molar-refractivity contribution in [3.05, 3.63) is 57.6 Å². The zero-order valence-electron chi connectivity index (χ0n) is 14.7. The van der Waals surface area contributed by atoms with E-state index in [2.05, 4.69) is 10.6 Å². The van der Waals surface area contributed by atoms with E-state index in [0.29, 0.717) is 22.0 Å². The molecular formula is C19H21ClN2O3. The maximum atomic E-state index is 12.5. The second-order valence-corrected chi connectivity index (χ2v) is 6.29. The molecule has 0 bridgehead atoms. The average Bonchev–Trinajstić information content (AvgIpc) is 2.53. The summed E-state index contributed by atoms with van der Waals surface area (Å²) in [4.78, 5) is 24.1. The SMILES string of the molecule is COCC(=O)Nc1ccc(NC(=O)c2cc(C)c(C)cc2C)cc1Cl. The van der Waals surface area contributed by atoms with Gasteiger partial charge in [-0.2, -0.15) is 0 Å². The van der Waals surface area contributed by atoms with Gasteiger partial charge in [-0.15, -0.1) is 0 Å². The molecule has 2 amide bonds. The smallest absolute Gasteiger partial charge is 0.255 e. The Labute approximate surface area is 152 Å². The number of nitrogens with one attached hydrogen (secondary N) is 2. The molecule has 5 nitrogen and oxygen atoms in total. The van der Waals surface area contributed by atoms with Crippen molar-refractivity contribution in [2.24, 2.45) is 0 Å². The van der Waals surface area contributed by atoms with Crippen molar-refractivity contribution in [3.8, 4) is 0 Å². The molecule has 6 heteroatoms. The predicted molar refractivity (Wildman–Crippen MR) is 101 cm³/mol. The van der Waals surface area contributed by atoms with Gasteiger partial charge in [-0.25, -0.2) is 0 Å². The van der Waals surface area contributed by atoms with Gasteiger partial charge in [0, 0.05) is 18.4 Å². The first-order chi connectivity index (χ1) is 11.8. The Kier molecular flexibility index (Phi) is 6.17. The number of rotatable bonds is 5. The number of halogens is 1. The molecule has 0 fully saturated rings. The van der Waals surface area contributed by atoms with Crippen LogP contribution in [0.15, 0.2) is 30.3 Å². The van der Waals surface area contributed by atoms with Crippen LogP contribution in [0.5, 0.6) is 0 Å². The van der Waals surface area contributed by atoms with Gasteiger partial charge in [-0.3, -0.25) is 9.59 Å². The largest absolute Gasteiger partial charge is 0.375 e. The topological polar surface area (TPSA) is 67.4 Å². The number of amides is 2. The summed E-state index contributed by atoms with van der Waals surface area (Å²) in [6, 6.07) is 8.78. The summed E-state index contributed by atoms with van der Waals surface area (Å²) in [5.74, 6) is -0.500. The standard InChI is InChI=1S/C19H21ClN2O3/c1-11-7-13(3)15(8-12(11)2)19(24)21-14-5-6-17(16(20)9-14)22-18(23)10-25-4/h5-9H,10H2,1-4H3,(H,21,24)(H,22,23). The van der Waals surface area contributed by atoms with Gasteiger partial charge >= 0.3 is 0 Å². The highest BCUT2D eigenvalue weighted by molar-refractivity contribution is 6.34. The van der Waals surface area contributed by atoms with Gasteiger partial charge in [0.2, 0.25) is 5.91 Å². The lowest BCUT2D eigenvalue weighted by atomic mass is 10.0. The van der Waals surface area contributed by atoms with E-state index < -0.39 is 0 Å². The number of hydrogen-bond donors (Lipinski definition) is 2. The van der Waals surface area contributed by atoms with Crippen molar-refractivity contribution in [3.63, 3.8) is 0 Å². The van der Waals surface area contributed by atoms with Crippen LogP contribution in [0.25, 0.3) is 0 Å². The molecule has 0 unspecified atom stereocenters. The van der Waals surface area contributed by atoms with Crippen LogP contribution in [0.1, 0.15) is 27.0 Å². The molecule has 132 valence electrons. The number of ether oxygens (including phenoxy) is 1. The number of carbonyl (C=O) groups excluding carboxylic acids is 2. The summed E-state index contributed by atoms with van der Waals surface area (Å²) in [7, 11) is 1.44. The molecule has 25 heavy (non-hydrogen) atoms. The summed E-state index contributed by atoms with van der Waals surface area (Å²) in [6.07, 6.45) is 0. The third-order valence-corrected chi connectivity index (χ3v) is 4.17. The van der Waals surface area contributed by atoms with E-state index in [9.17, 15) is 9.59 Å². The van der Waals surface area contributed by atoms with Crippen molar-refractivity contribution in [2.45, 2.75) is 20.8 Å². The zero-order valence-corrected chi connectivity index (χ0v) is 15.5. The fourth-order valence-corrected chi connectivity index (χ4v) is 2.64. The summed E-state index contributed by atoms with van der Waals surface area (Å²) in [5.41, 5.74) is 4.76. The van der Waals surface area contributed by atoms with E-state index in [1.165, 1.54) is 7.11 Å². The molecule has 2 N–H and O–H groups in total. The molecule has 0 aromatic heterocycles. The molecule has 0 spiro atoms. The van der Waals surface area contributed by atoms with Crippen molar-refractivity contribution in [1.82, 2.24) is 0 Å². The van der Waals surface area contributed by atoms with Crippen LogP contribution < -0.4 is 10.6 Å². The monoisotopic (exact) mass is 360 g/mol. The maximum absolute atomic E-state index is 12.5. The lowest BCUT2D eigenvalue weighted by Crippen LogP contribution is -2.17. The summed E-state index contributed by atoms with van der Waals surface area (Å²) in [6.45, 7) is 5.84. The van der Waals surface area contributed by atoms with E-state index >= 15 is 0 Å². The number of hydrogen-bond acceptors (Lipinski definition) is 3. The molecule has 0 aliphatic heterocycles. The molecule has 0 aliphatic rings. The molecular weight excluding hydrogens is 340 g/mol. The summed E-state index contributed by atoms with van der Waals surface area (Å²) < 4.78 is 4.76. The number of aryl methyl sites for hydroxylation is 3. The summed E-state index contributed by atoms with van der Waals surface area (Å²) >= 11 is 6.17. The van der Waals surface area contributed by atoms with Crippen molar-refractivity contribution >= 4 is 34.8 Å². The molecule has 0 heterocycles. The lowest BCUT2D eigenvalue weighted by Gasteiger charge is -2.12. The third kappa shape index (κ3) is 4.81. The molecule has 0 saturated heterocycles. The lowest BCUT2D eigenvalue weighted by molar-refractivity contribution is -0.119. The minimum absolute atomic E-state index is 0.0547. The van der Waals surface area contributed by atoms with E-state index in [1.54, 1.807) is 18.2 Å². The molecule has 0 aliphatic carbocycles. The third-order valence-electron chi connectivity index (χ3n) is 3.86. The van der Waals surface area contributed by atoms with Crippen molar-refractivity contribution < 1.29 is 14.3 Å². The predicted octanol–water partition coefficient (Wildman–Crippen LogP) is 4.10. The average molecular weight is 361 g/mol. The van der Waals surface area contributed by atoms with Crippen LogP contribution in [-0.2, 0) is 9.53 Å². The van der Waals surface area contributed by atoms with Crippen LogP contribution in [0.3, 0.4) is 0 Å². The Morgan fingerprint density at radius 2 is 1.68 bits per heavy atom. The van der Waals surface area contributed by atoms with Gasteiger partial charge in [-0.05, 0) is 61.7 Å². The Bertz CT molecular complexity index is 819. The number of methoxy groups -OCH3 is 1. The Hall–Kier alpha value is -2.37. The highest BCUT2D eigenvalue weighted by atomic mass is 35.5. The minimum Gasteiger partial charge on any atom is -0.375 e. The molecule has 0 saturated carbocycles. The Balaban J connectivity index is 2.15. The fraction of sp³-hybridized carbons (Fsp3) is 0.263. The van der Waals surface area contributed by atoms with Crippen molar-refractivity contribution in [2.75, 3.05) is 24.4 Å². The van der Waals surface area contributed by atoms with Gasteiger partial charge in [0.25, 0.3) is 5.91 Å². The van der Waals surface area contributed by atoms with Crippen molar-refractivity contribution in [1.29, 1.82) is 0 Å². The Morgan fingerprint density at radius 1 is 1.00 bits per heavy atom.